The predicted octanol–water partition coefficient (Wildman–Crippen LogP) is 13.9. The third-order valence-corrected chi connectivity index (χ3v) is 11.8. The van der Waals surface area contributed by atoms with Crippen LogP contribution in [-0.2, 0) is 5.41 Å². The van der Waals surface area contributed by atoms with Gasteiger partial charge >= 0.3 is 0 Å². The molecule has 0 aliphatic carbocycles. The molecule has 2 aliphatic rings. The Bertz CT molecular complexity index is 2650. The molecule has 0 N–H and O–H groups in total. The van der Waals surface area contributed by atoms with Crippen molar-refractivity contribution in [2.24, 2.45) is 0 Å². The Morgan fingerprint density at radius 1 is 0.569 bits per heavy atom. The van der Waals surface area contributed by atoms with Crippen LogP contribution < -0.4 is 20.2 Å². The average molecular weight is 753 g/mol. The number of hydrogen-bond acceptors (Lipinski definition) is 3. The second kappa shape index (κ2) is 14.9. The van der Waals surface area contributed by atoms with Gasteiger partial charge in [0.25, 0.3) is 0 Å². The van der Waals surface area contributed by atoms with E-state index in [9.17, 15) is 0 Å². The van der Waals surface area contributed by atoms with Crippen LogP contribution in [0.3, 0.4) is 0 Å². The molecule has 285 valence electrons. The maximum Gasteiger partial charge on any atom is 0.156 e. The predicted molar refractivity (Wildman–Crippen MR) is 251 cm³/mol. The van der Waals surface area contributed by atoms with Gasteiger partial charge in [0.15, 0.2) is 7.28 Å². The number of hydrogen-bond donors (Lipinski definition) is 0. The van der Waals surface area contributed by atoms with E-state index in [2.05, 4.69) is 234 Å². The molecule has 7 aromatic carbocycles. The smallest absolute Gasteiger partial charge is 0.156 e. The number of rotatable bonds is 5. The zero-order valence-corrected chi connectivity index (χ0v) is 34.8. The molecule has 7 aromatic rings. The average Bonchev–Trinajstić information content (AvgIpc) is 3.20. The molecule has 0 saturated heterocycles. The molecular weight excluding hydrogens is 701 g/mol. The van der Waals surface area contributed by atoms with Crippen molar-refractivity contribution in [2.45, 2.75) is 66.2 Å². The molecule has 3 nitrogen and oxygen atoms in total. The summed E-state index contributed by atoms with van der Waals surface area (Å²) < 4.78 is 0. The molecule has 4 heteroatoms. The minimum Gasteiger partial charge on any atom is -0.334 e. The van der Waals surface area contributed by atoms with Gasteiger partial charge in [0.1, 0.15) is 0 Å². The highest BCUT2D eigenvalue weighted by Gasteiger charge is 2.33. The molecular formula is C54H51BN3. The van der Waals surface area contributed by atoms with E-state index in [0.29, 0.717) is 0 Å². The van der Waals surface area contributed by atoms with E-state index in [1.165, 1.54) is 66.7 Å². The van der Waals surface area contributed by atoms with Gasteiger partial charge in [0.2, 0.25) is 0 Å². The number of allylic oxidation sites excluding steroid dienone is 1. The van der Waals surface area contributed by atoms with Crippen LogP contribution in [0.4, 0.5) is 39.8 Å². The standard InChI is InChI=1S/C54H51BN3/c1-36-15-22-42(23-16-36)56(43-24-17-37(2)18-25-43)45-28-29-48-52-32-41(54(5,6)7)33-53(48)58(50-14-10-12-40-11-8-9-13-47(40)50)46(34-45)35-55-49-31-39(4)21-30-51(49)57(52)44-26-19-38(3)20-27-44/h8-34,46H,35H2,1-7H3. The lowest BCUT2D eigenvalue weighted by molar-refractivity contribution is 0.590. The second-order valence-electron chi connectivity index (χ2n) is 17.2. The number of nitrogens with zero attached hydrogens (tertiary/aromatic N) is 3. The molecule has 0 fully saturated rings. The summed E-state index contributed by atoms with van der Waals surface area (Å²) in [5, 5.41) is 2.47. The Hall–Kier alpha value is -6.26. The first-order chi connectivity index (χ1) is 28.0. The molecule has 1 unspecified atom stereocenters. The number of benzene rings is 7. The van der Waals surface area contributed by atoms with Gasteiger partial charge in [-0.15, -0.1) is 0 Å². The molecule has 58 heavy (non-hydrogen) atoms. The summed E-state index contributed by atoms with van der Waals surface area (Å²) in [6.45, 7) is 15.7. The fourth-order valence-corrected chi connectivity index (χ4v) is 8.56. The summed E-state index contributed by atoms with van der Waals surface area (Å²) in [6, 6.07) is 54.3. The van der Waals surface area contributed by atoms with Crippen molar-refractivity contribution < 1.29 is 0 Å². The van der Waals surface area contributed by atoms with E-state index in [-0.39, 0.29) is 11.5 Å². The SMILES string of the molecule is Cc1ccc(N(C2=CC3C[B]c4cc(C)ccc4N(c4ccc(C)cc4)c4cc(C(C)(C)C)cc(c4C=C2)N3c2cccc3ccccc23)c2ccc(C)cc2)cc1. The molecule has 0 spiro atoms. The number of fused-ring (bicyclic) bond motifs is 3. The zero-order valence-electron chi connectivity index (χ0n) is 34.8. The van der Waals surface area contributed by atoms with E-state index >= 15 is 0 Å². The lowest BCUT2D eigenvalue weighted by atomic mass is 9.63. The fraction of sp³-hybridized carbons (Fsp3) is 0.185. The second-order valence-corrected chi connectivity index (χ2v) is 17.2. The molecule has 1 atom stereocenters. The van der Waals surface area contributed by atoms with Gasteiger partial charge in [-0.1, -0.05) is 140 Å². The maximum absolute atomic E-state index is 2.65. The lowest BCUT2D eigenvalue weighted by Gasteiger charge is -2.41. The summed E-state index contributed by atoms with van der Waals surface area (Å²) in [4.78, 5) is 7.58. The molecule has 1 radical (unpaired) electrons. The monoisotopic (exact) mass is 752 g/mol. The molecule has 2 heterocycles. The van der Waals surface area contributed by atoms with Crippen molar-refractivity contribution in [2.75, 3.05) is 14.7 Å². The quantitative estimate of drug-likeness (QED) is 0.162. The molecule has 9 rings (SSSR count). The van der Waals surface area contributed by atoms with Crippen LogP contribution in [0.1, 0.15) is 54.2 Å². The highest BCUT2D eigenvalue weighted by molar-refractivity contribution is 6.56. The Morgan fingerprint density at radius 2 is 1.17 bits per heavy atom. The minimum atomic E-state index is -0.115. The van der Waals surface area contributed by atoms with E-state index < -0.39 is 0 Å². The number of aryl methyl sites for hydroxylation is 4. The van der Waals surface area contributed by atoms with E-state index in [1.807, 2.05) is 0 Å². The van der Waals surface area contributed by atoms with Crippen molar-refractivity contribution >= 4 is 69.4 Å². The highest BCUT2D eigenvalue weighted by atomic mass is 15.2. The van der Waals surface area contributed by atoms with Crippen molar-refractivity contribution in [3.63, 3.8) is 0 Å². The van der Waals surface area contributed by atoms with Crippen LogP contribution in [0.15, 0.2) is 163 Å². The van der Waals surface area contributed by atoms with E-state index in [0.717, 1.165) is 34.8 Å². The normalized spacial score (nSPS) is 15.0. The third kappa shape index (κ3) is 7.02. The summed E-state index contributed by atoms with van der Waals surface area (Å²) in [6.07, 6.45) is 8.03. The lowest BCUT2D eigenvalue weighted by Crippen LogP contribution is -2.37. The third-order valence-electron chi connectivity index (χ3n) is 11.8. The van der Waals surface area contributed by atoms with Crippen LogP contribution in [0.2, 0.25) is 6.32 Å². The maximum atomic E-state index is 2.65. The fourth-order valence-electron chi connectivity index (χ4n) is 8.56. The number of anilines is 7. The van der Waals surface area contributed by atoms with Crippen molar-refractivity contribution in [1.82, 2.24) is 0 Å². The Labute approximate surface area is 345 Å². The first-order valence-electron chi connectivity index (χ1n) is 20.6. The summed E-state index contributed by atoms with van der Waals surface area (Å²) in [7, 11) is 2.48. The summed E-state index contributed by atoms with van der Waals surface area (Å²) >= 11 is 0. The van der Waals surface area contributed by atoms with Gasteiger partial charge in [0.05, 0.1) is 11.4 Å². The first-order valence-corrected chi connectivity index (χ1v) is 20.6. The molecule has 0 amide bonds. The van der Waals surface area contributed by atoms with Gasteiger partial charge < -0.3 is 14.7 Å². The van der Waals surface area contributed by atoms with Crippen LogP contribution in [-0.4, -0.2) is 13.3 Å². The molecule has 2 aliphatic heterocycles. The minimum absolute atomic E-state index is 0.0507. The molecule has 4 bridgehead atoms. The van der Waals surface area contributed by atoms with E-state index in [1.54, 1.807) is 0 Å². The van der Waals surface area contributed by atoms with Crippen molar-refractivity contribution in [1.29, 1.82) is 0 Å². The largest absolute Gasteiger partial charge is 0.334 e. The van der Waals surface area contributed by atoms with E-state index in [4.69, 9.17) is 0 Å². The molecule has 0 saturated carbocycles. The van der Waals surface area contributed by atoms with Gasteiger partial charge in [0, 0.05) is 51.1 Å². The Balaban J connectivity index is 1.42. The Kier molecular flexibility index (Phi) is 9.60. The zero-order chi connectivity index (χ0) is 40.1. The van der Waals surface area contributed by atoms with Crippen LogP contribution in [0.25, 0.3) is 16.8 Å². The van der Waals surface area contributed by atoms with Crippen molar-refractivity contribution in [3.8, 4) is 0 Å². The summed E-state index contributed by atoms with van der Waals surface area (Å²) in [5.41, 5.74) is 17.8. The first kappa shape index (κ1) is 37.3. The van der Waals surface area contributed by atoms with Gasteiger partial charge in [-0.25, -0.2) is 0 Å². The van der Waals surface area contributed by atoms with Crippen LogP contribution in [0, 0.1) is 27.7 Å². The van der Waals surface area contributed by atoms with Gasteiger partial charge in [-0.3, -0.25) is 0 Å². The summed E-state index contributed by atoms with van der Waals surface area (Å²) in [5.74, 6) is 0. The van der Waals surface area contributed by atoms with Gasteiger partial charge in [-0.05, 0) is 123 Å². The Morgan fingerprint density at radius 3 is 1.84 bits per heavy atom. The van der Waals surface area contributed by atoms with Gasteiger partial charge in [-0.2, -0.15) is 0 Å². The van der Waals surface area contributed by atoms with Crippen LogP contribution in [0.5, 0.6) is 0 Å². The molecule has 0 aromatic heterocycles. The van der Waals surface area contributed by atoms with Crippen molar-refractivity contribution in [3.05, 3.63) is 197 Å². The highest BCUT2D eigenvalue weighted by Crippen LogP contribution is 2.49. The van der Waals surface area contributed by atoms with Crippen LogP contribution >= 0.6 is 0 Å². The topological polar surface area (TPSA) is 9.72 Å².